The van der Waals surface area contributed by atoms with Gasteiger partial charge in [-0.05, 0) is 43.0 Å². The molecule has 1 unspecified atom stereocenters. The zero-order valence-corrected chi connectivity index (χ0v) is 16.6. The van der Waals surface area contributed by atoms with E-state index in [1.165, 1.54) is 0 Å². The quantitative estimate of drug-likeness (QED) is 0.611. The van der Waals surface area contributed by atoms with E-state index in [0.29, 0.717) is 31.2 Å². The largest absolute Gasteiger partial charge is 0.493 e. The summed E-state index contributed by atoms with van der Waals surface area (Å²) in [7, 11) is 0. The van der Waals surface area contributed by atoms with Crippen LogP contribution in [0.4, 0.5) is 0 Å². The van der Waals surface area contributed by atoms with Crippen molar-refractivity contribution < 1.29 is 14.1 Å². The molecule has 4 rings (SSSR count). The van der Waals surface area contributed by atoms with Crippen LogP contribution in [0.2, 0.25) is 0 Å². The van der Waals surface area contributed by atoms with Crippen LogP contribution in [-0.2, 0) is 17.6 Å². The number of ether oxygens (including phenoxy) is 1. The normalized spacial score (nSPS) is 16.2. The number of hydrogen-bond donors (Lipinski definition) is 0. The minimum atomic E-state index is -0.134. The molecular formula is C23H25N3O3. The number of likely N-dealkylation sites (tertiary alicyclic amines) is 1. The molecule has 1 fully saturated rings. The first-order chi connectivity index (χ1) is 14.2. The number of rotatable bonds is 7. The topological polar surface area (TPSA) is 68.5 Å². The van der Waals surface area contributed by atoms with Gasteiger partial charge in [-0.1, -0.05) is 47.6 Å². The molecular weight excluding hydrogens is 366 g/mol. The van der Waals surface area contributed by atoms with Crippen molar-refractivity contribution >= 4 is 5.91 Å². The highest BCUT2D eigenvalue weighted by Gasteiger charge is 2.33. The Bertz CT molecular complexity index is 955. The highest BCUT2D eigenvalue weighted by molar-refractivity contribution is 5.79. The van der Waals surface area contributed by atoms with E-state index in [9.17, 15) is 4.79 Å². The fourth-order valence-electron chi connectivity index (χ4n) is 3.66. The fraction of sp³-hybridized carbons (Fsp3) is 0.348. The van der Waals surface area contributed by atoms with Crippen LogP contribution in [-0.4, -0.2) is 34.1 Å². The van der Waals surface area contributed by atoms with Gasteiger partial charge in [0.1, 0.15) is 11.8 Å². The Hall–Kier alpha value is -3.15. The third-order valence-electron chi connectivity index (χ3n) is 5.12. The van der Waals surface area contributed by atoms with Crippen LogP contribution < -0.4 is 4.74 Å². The minimum Gasteiger partial charge on any atom is -0.493 e. The number of aryl methyl sites for hydroxylation is 1. The maximum absolute atomic E-state index is 12.8. The molecule has 1 atom stereocenters. The maximum Gasteiger partial charge on any atom is 0.249 e. The number of aromatic nitrogens is 2. The first-order valence-corrected chi connectivity index (χ1v) is 10.0. The Morgan fingerprint density at radius 2 is 2.07 bits per heavy atom. The lowest BCUT2D eigenvalue weighted by molar-refractivity contribution is -0.131. The number of hydrogen-bond acceptors (Lipinski definition) is 5. The third-order valence-corrected chi connectivity index (χ3v) is 5.12. The lowest BCUT2D eigenvalue weighted by Crippen LogP contribution is -2.32. The van der Waals surface area contributed by atoms with Gasteiger partial charge in [0, 0.05) is 13.0 Å². The maximum atomic E-state index is 12.8. The van der Waals surface area contributed by atoms with Gasteiger partial charge >= 0.3 is 0 Å². The lowest BCUT2D eigenvalue weighted by Gasteiger charge is -2.21. The molecule has 2 aromatic carbocycles. The summed E-state index contributed by atoms with van der Waals surface area (Å²) in [4.78, 5) is 19.2. The van der Waals surface area contributed by atoms with Crippen molar-refractivity contribution in [3.63, 3.8) is 0 Å². The molecule has 0 N–H and O–H groups in total. The smallest absolute Gasteiger partial charge is 0.249 e. The van der Waals surface area contributed by atoms with Crippen molar-refractivity contribution in [2.45, 2.75) is 38.6 Å². The third kappa shape index (κ3) is 4.83. The standard InChI is InChI=1S/C23H25N3O3/c1-17-7-5-10-19(15-17)28-14-12-21-24-23(29-25-21)20-11-6-13-26(20)22(27)16-18-8-3-2-4-9-18/h2-5,7-10,15,20H,6,11-14,16H2,1H3. The van der Waals surface area contributed by atoms with Gasteiger partial charge < -0.3 is 14.2 Å². The van der Waals surface area contributed by atoms with Crippen molar-refractivity contribution in [1.82, 2.24) is 15.0 Å². The van der Waals surface area contributed by atoms with E-state index in [4.69, 9.17) is 9.26 Å². The highest BCUT2D eigenvalue weighted by atomic mass is 16.5. The van der Waals surface area contributed by atoms with Crippen LogP contribution >= 0.6 is 0 Å². The predicted octanol–water partition coefficient (Wildman–Crippen LogP) is 3.91. The van der Waals surface area contributed by atoms with Gasteiger partial charge in [-0.2, -0.15) is 4.98 Å². The van der Waals surface area contributed by atoms with Crippen molar-refractivity contribution in [3.05, 3.63) is 77.4 Å². The Morgan fingerprint density at radius 3 is 2.90 bits per heavy atom. The zero-order chi connectivity index (χ0) is 20.1. The Labute approximate surface area is 170 Å². The molecule has 6 nitrogen and oxygen atoms in total. The van der Waals surface area contributed by atoms with Gasteiger partial charge in [-0.3, -0.25) is 4.79 Å². The molecule has 0 radical (unpaired) electrons. The molecule has 1 aliphatic heterocycles. The molecule has 2 heterocycles. The molecule has 0 saturated carbocycles. The molecule has 29 heavy (non-hydrogen) atoms. The van der Waals surface area contributed by atoms with E-state index in [1.54, 1.807) is 0 Å². The summed E-state index contributed by atoms with van der Waals surface area (Å²) in [6.45, 7) is 3.24. The molecule has 150 valence electrons. The molecule has 0 spiro atoms. The summed E-state index contributed by atoms with van der Waals surface area (Å²) in [5, 5.41) is 4.08. The number of carbonyl (C=O) groups is 1. The van der Waals surface area contributed by atoms with Crippen LogP contribution in [0, 0.1) is 6.92 Å². The molecule has 3 aromatic rings. The predicted molar refractivity (Wildman–Crippen MR) is 109 cm³/mol. The molecule has 1 saturated heterocycles. The fourth-order valence-corrected chi connectivity index (χ4v) is 3.66. The second kappa shape index (κ2) is 8.90. The highest BCUT2D eigenvalue weighted by Crippen LogP contribution is 2.31. The average molecular weight is 391 g/mol. The number of benzene rings is 2. The minimum absolute atomic E-state index is 0.0984. The molecule has 0 bridgehead atoms. The lowest BCUT2D eigenvalue weighted by atomic mass is 10.1. The molecule has 1 amide bonds. The number of amides is 1. The van der Waals surface area contributed by atoms with Gasteiger partial charge in [-0.15, -0.1) is 0 Å². The number of carbonyl (C=O) groups excluding carboxylic acids is 1. The molecule has 6 heteroatoms. The summed E-state index contributed by atoms with van der Waals surface area (Å²) < 4.78 is 11.3. The SMILES string of the molecule is Cc1cccc(OCCc2noc(C3CCCN3C(=O)Cc3ccccc3)n2)c1. The summed E-state index contributed by atoms with van der Waals surface area (Å²) in [5.41, 5.74) is 2.17. The van der Waals surface area contributed by atoms with Gasteiger partial charge in [0.15, 0.2) is 5.82 Å². The van der Waals surface area contributed by atoms with Crippen molar-refractivity contribution in [2.24, 2.45) is 0 Å². The molecule has 1 aliphatic rings. The van der Waals surface area contributed by atoms with E-state index in [-0.39, 0.29) is 11.9 Å². The zero-order valence-electron chi connectivity index (χ0n) is 16.6. The van der Waals surface area contributed by atoms with E-state index in [1.807, 2.05) is 66.4 Å². The van der Waals surface area contributed by atoms with Crippen LogP contribution in [0.3, 0.4) is 0 Å². The van der Waals surface area contributed by atoms with Crippen molar-refractivity contribution in [1.29, 1.82) is 0 Å². The Kier molecular flexibility index (Phi) is 5.89. The summed E-state index contributed by atoms with van der Waals surface area (Å²) >= 11 is 0. The van der Waals surface area contributed by atoms with E-state index in [0.717, 1.165) is 36.3 Å². The van der Waals surface area contributed by atoms with Crippen LogP contribution in [0.15, 0.2) is 59.1 Å². The van der Waals surface area contributed by atoms with Crippen LogP contribution in [0.5, 0.6) is 5.75 Å². The second-order valence-corrected chi connectivity index (χ2v) is 7.37. The molecule has 0 aliphatic carbocycles. The van der Waals surface area contributed by atoms with Crippen LogP contribution in [0.1, 0.15) is 41.7 Å². The second-order valence-electron chi connectivity index (χ2n) is 7.37. The first kappa shape index (κ1) is 19.2. The van der Waals surface area contributed by atoms with E-state index in [2.05, 4.69) is 10.1 Å². The van der Waals surface area contributed by atoms with E-state index >= 15 is 0 Å². The van der Waals surface area contributed by atoms with Gasteiger partial charge in [-0.25, -0.2) is 0 Å². The van der Waals surface area contributed by atoms with Crippen molar-refractivity contribution in [2.75, 3.05) is 13.2 Å². The average Bonchev–Trinajstić information content (AvgIpc) is 3.38. The summed E-state index contributed by atoms with van der Waals surface area (Å²) in [6.07, 6.45) is 2.74. The summed E-state index contributed by atoms with van der Waals surface area (Å²) in [6, 6.07) is 17.6. The molecule has 1 aromatic heterocycles. The van der Waals surface area contributed by atoms with Gasteiger partial charge in [0.05, 0.1) is 13.0 Å². The van der Waals surface area contributed by atoms with Gasteiger partial charge in [0.2, 0.25) is 11.8 Å². The monoisotopic (exact) mass is 391 g/mol. The Morgan fingerprint density at radius 1 is 1.21 bits per heavy atom. The summed E-state index contributed by atoms with van der Waals surface area (Å²) in [5.74, 6) is 2.06. The van der Waals surface area contributed by atoms with Crippen LogP contribution in [0.25, 0.3) is 0 Å². The number of nitrogens with zero attached hydrogens (tertiary/aromatic N) is 3. The van der Waals surface area contributed by atoms with Gasteiger partial charge in [0.25, 0.3) is 0 Å². The van der Waals surface area contributed by atoms with Crippen molar-refractivity contribution in [3.8, 4) is 5.75 Å². The Balaban J connectivity index is 1.34. The first-order valence-electron chi connectivity index (χ1n) is 10.0. The van der Waals surface area contributed by atoms with E-state index < -0.39 is 0 Å².